The lowest BCUT2D eigenvalue weighted by Gasteiger charge is -2.32. The SMILES string of the molecule is CCN1CCCC(NS(=O)(=O)CCCCNC)C1. The second-order valence-corrected chi connectivity index (χ2v) is 6.85. The Labute approximate surface area is 111 Å². The van der Waals surface area contributed by atoms with Crippen LogP contribution < -0.4 is 10.0 Å². The van der Waals surface area contributed by atoms with Crippen LogP contribution in [-0.2, 0) is 10.0 Å². The number of nitrogens with one attached hydrogen (secondary N) is 2. The summed E-state index contributed by atoms with van der Waals surface area (Å²) in [6, 6.07) is 0.105. The van der Waals surface area contributed by atoms with E-state index in [4.69, 9.17) is 0 Å². The van der Waals surface area contributed by atoms with Gasteiger partial charge >= 0.3 is 0 Å². The fraction of sp³-hybridized carbons (Fsp3) is 1.00. The van der Waals surface area contributed by atoms with E-state index in [1.807, 2.05) is 7.05 Å². The number of likely N-dealkylation sites (tertiary alicyclic amines) is 1. The predicted octanol–water partition coefficient (Wildman–Crippen LogP) is 0.390. The first kappa shape index (κ1) is 15.9. The Bertz CT molecular complexity index is 319. The molecule has 0 radical (unpaired) electrons. The summed E-state index contributed by atoms with van der Waals surface area (Å²) in [6.45, 7) is 5.95. The minimum absolute atomic E-state index is 0.105. The van der Waals surface area contributed by atoms with Gasteiger partial charge in [-0.05, 0) is 52.4 Å². The number of sulfonamides is 1. The molecule has 0 amide bonds. The van der Waals surface area contributed by atoms with E-state index in [1.165, 1.54) is 0 Å². The van der Waals surface area contributed by atoms with Crippen molar-refractivity contribution in [2.75, 3.05) is 39.0 Å². The Balaban J connectivity index is 2.30. The Morgan fingerprint density at radius 1 is 1.33 bits per heavy atom. The molecule has 0 bridgehead atoms. The predicted molar refractivity (Wildman–Crippen MR) is 75.2 cm³/mol. The van der Waals surface area contributed by atoms with Gasteiger partial charge in [-0.25, -0.2) is 13.1 Å². The molecular weight excluding hydrogens is 250 g/mol. The van der Waals surface area contributed by atoms with Crippen LogP contribution in [-0.4, -0.2) is 58.3 Å². The van der Waals surface area contributed by atoms with Gasteiger partial charge in [0.25, 0.3) is 0 Å². The molecule has 1 heterocycles. The summed E-state index contributed by atoms with van der Waals surface area (Å²) in [5.41, 5.74) is 0. The molecule has 0 aromatic carbocycles. The Hall–Kier alpha value is -0.170. The van der Waals surface area contributed by atoms with Gasteiger partial charge in [-0.3, -0.25) is 0 Å². The topological polar surface area (TPSA) is 61.4 Å². The normalized spacial score (nSPS) is 22.2. The molecule has 1 aliphatic heterocycles. The quantitative estimate of drug-likeness (QED) is 0.630. The van der Waals surface area contributed by atoms with E-state index in [-0.39, 0.29) is 11.8 Å². The second kappa shape index (κ2) is 8.09. The minimum atomic E-state index is -3.10. The molecule has 0 aliphatic carbocycles. The highest BCUT2D eigenvalue weighted by molar-refractivity contribution is 7.89. The molecule has 5 nitrogen and oxygen atoms in total. The fourth-order valence-electron chi connectivity index (χ4n) is 2.35. The number of likely N-dealkylation sites (N-methyl/N-ethyl adjacent to an activating group) is 1. The van der Waals surface area contributed by atoms with Crippen LogP contribution >= 0.6 is 0 Å². The molecule has 1 aliphatic rings. The summed E-state index contributed by atoms with van der Waals surface area (Å²) in [6.07, 6.45) is 3.68. The van der Waals surface area contributed by atoms with Crippen LogP contribution in [0.1, 0.15) is 32.6 Å². The largest absolute Gasteiger partial charge is 0.320 e. The monoisotopic (exact) mass is 277 g/mol. The van der Waals surface area contributed by atoms with Crippen LogP contribution in [0.5, 0.6) is 0 Å². The van der Waals surface area contributed by atoms with Gasteiger partial charge in [-0.15, -0.1) is 0 Å². The molecule has 0 aromatic heterocycles. The third kappa shape index (κ3) is 6.13. The van der Waals surface area contributed by atoms with E-state index >= 15 is 0 Å². The van der Waals surface area contributed by atoms with Crippen molar-refractivity contribution < 1.29 is 8.42 Å². The van der Waals surface area contributed by atoms with Crippen molar-refractivity contribution in [3.05, 3.63) is 0 Å². The lowest BCUT2D eigenvalue weighted by Crippen LogP contribution is -2.48. The van der Waals surface area contributed by atoms with Crippen LogP contribution in [0.25, 0.3) is 0 Å². The molecule has 1 rings (SSSR count). The molecular formula is C12H27N3O2S. The third-order valence-electron chi connectivity index (χ3n) is 3.39. The van der Waals surface area contributed by atoms with Crippen molar-refractivity contribution in [2.45, 2.75) is 38.6 Å². The van der Waals surface area contributed by atoms with E-state index in [1.54, 1.807) is 0 Å². The molecule has 6 heteroatoms. The zero-order valence-corrected chi connectivity index (χ0v) is 12.4. The maximum atomic E-state index is 11.9. The first-order valence-corrected chi connectivity index (χ1v) is 8.59. The summed E-state index contributed by atoms with van der Waals surface area (Å²) in [5, 5.41) is 3.03. The van der Waals surface area contributed by atoms with E-state index < -0.39 is 10.0 Å². The zero-order chi connectivity index (χ0) is 13.4. The van der Waals surface area contributed by atoms with Gasteiger partial charge in [-0.1, -0.05) is 6.92 Å². The van der Waals surface area contributed by atoms with Crippen molar-refractivity contribution in [2.24, 2.45) is 0 Å². The standard InChI is InChI=1S/C12H27N3O2S/c1-3-15-9-6-7-12(11-15)14-18(16,17)10-5-4-8-13-2/h12-14H,3-11H2,1-2H3. The lowest BCUT2D eigenvalue weighted by atomic mass is 10.1. The molecule has 0 aromatic rings. The van der Waals surface area contributed by atoms with Crippen LogP contribution in [0.2, 0.25) is 0 Å². The first-order valence-electron chi connectivity index (χ1n) is 6.94. The van der Waals surface area contributed by atoms with Crippen molar-refractivity contribution in [1.82, 2.24) is 14.9 Å². The average molecular weight is 277 g/mol. The van der Waals surface area contributed by atoms with Gasteiger partial charge in [0, 0.05) is 12.6 Å². The molecule has 18 heavy (non-hydrogen) atoms. The van der Waals surface area contributed by atoms with E-state index in [9.17, 15) is 8.42 Å². The minimum Gasteiger partial charge on any atom is -0.320 e. The Morgan fingerprint density at radius 2 is 2.11 bits per heavy atom. The van der Waals surface area contributed by atoms with Crippen molar-refractivity contribution in [3.63, 3.8) is 0 Å². The fourth-order valence-corrected chi connectivity index (χ4v) is 3.75. The zero-order valence-electron chi connectivity index (χ0n) is 11.6. The summed E-state index contributed by atoms with van der Waals surface area (Å²) in [5.74, 6) is 0.247. The molecule has 0 saturated carbocycles. The summed E-state index contributed by atoms with van der Waals surface area (Å²) in [4.78, 5) is 2.30. The van der Waals surface area contributed by atoms with Crippen molar-refractivity contribution in [1.29, 1.82) is 0 Å². The van der Waals surface area contributed by atoms with Gasteiger partial charge in [0.15, 0.2) is 0 Å². The van der Waals surface area contributed by atoms with Gasteiger partial charge in [-0.2, -0.15) is 0 Å². The highest BCUT2D eigenvalue weighted by Crippen LogP contribution is 2.10. The highest BCUT2D eigenvalue weighted by Gasteiger charge is 2.22. The van der Waals surface area contributed by atoms with Crippen molar-refractivity contribution >= 4 is 10.0 Å². The molecule has 1 atom stereocenters. The smallest absolute Gasteiger partial charge is 0.211 e. The van der Waals surface area contributed by atoms with Crippen LogP contribution in [0.4, 0.5) is 0 Å². The number of nitrogens with zero attached hydrogens (tertiary/aromatic N) is 1. The van der Waals surface area contributed by atoms with E-state index in [0.29, 0.717) is 0 Å². The lowest BCUT2D eigenvalue weighted by molar-refractivity contribution is 0.211. The number of hydrogen-bond acceptors (Lipinski definition) is 4. The van der Waals surface area contributed by atoms with Crippen LogP contribution in [0, 0.1) is 0 Å². The number of rotatable bonds is 8. The summed E-state index contributed by atoms with van der Waals surface area (Å²) in [7, 11) is -1.21. The van der Waals surface area contributed by atoms with Gasteiger partial charge in [0.2, 0.25) is 10.0 Å². The Kier molecular flexibility index (Phi) is 7.14. The van der Waals surface area contributed by atoms with Crippen LogP contribution in [0.3, 0.4) is 0 Å². The van der Waals surface area contributed by atoms with Gasteiger partial charge < -0.3 is 10.2 Å². The number of piperidine rings is 1. The first-order chi connectivity index (χ1) is 8.57. The molecule has 2 N–H and O–H groups in total. The molecule has 1 fully saturated rings. The molecule has 108 valence electrons. The number of hydrogen-bond donors (Lipinski definition) is 2. The molecule has 1 unspecified atom stereocenters. The van der Waals surface area contributed by atoms with Gasteiger partial charge in [0.1, 0.15) is 0 Å². The Morgan fingerprint density at radius 3 is 2.78 bits per heavy atom. The van der Waals surface area contributed by atoms with Crippen LogP contribution in [0.15, 0.2) is 0 Å². The maximum Gasteiger partial charge on any atom is 0.211 e. The third-order valence-corrected chi connectivity index (χ3v) is 4.91. The molecule has 0 spiro atoms. The number of unbranched alkanes of at least 4 members (excludes halogenated alkanes) is 1. The second-order valence-electron chi connectivity index (χ2n) is 4.98. The molecule has 1 saturated heterocycles. The average Bonchev–Trinajstić information content (AvgIpc) is 2.34. The van der Waals surface area contributed by atoms with E-state index in [2.05, 4.69) is 21.9 Å². The van der Waals surface area contributed by atoms with E-state index in [0.717, 1.165) is 51.9 Å². The van der Waals surface area contributed by atoms with Crippen molar-refractivity contribution in [3.8, 4) is 0 Å². The maximum absolute atomic E-state index is 11.9. The summed E-state index contributed by atoms with van der Waals surface area (Å²) < 4.78 is 26.7. The summed E-state index contributed by atoms with van der Waals surface area (Å²) >= 11 is 0. The highest BCUT2D eigenvalue weighted by atomic mass is 32.2. The van der Waals surface area contributed by atoms with Gasteiger partial charge in [0.05, 0.1) is 5.75 Å².